The summed E-state index contributed by atoms with van der Waals surface area (Å²) in [5, 5.41) is 2.98. The molecule has 3 N–H and O–H groups in total. The van der Waals surface area contributed by atoms with Crippen molar-refractivity contribution in [3.63, 3.8) is 0 Å². The summed E-state index contributed by atoms with van der Waals surface area (Å²) in [6.45, 7) is 16.8. The largest absolute Gasteiger partial charge is 0.495 e. The minimum absolute atomic E-state index is 0.167. The molecule has 6 nitrogen and oxygen atoms in total. The molecule has 1 fully saturated rings. The van der Waals surface area contributed by atoms with E-state index >= 15 is 0 Å². The Morgan fingerprint density at radius 1 is 1.05 bits per heavy atom. The van der Waals surface area contributed by atoms with Crippen LogP contribution in [-0.4, -0.2) is 23.9 Å². The van der Waals surface area contributed by atoms with E-state index in [0.29, 0.717) is 22.6 Å². The molecular weight excluding hydrogens is 522 g/mol. The van der Waals surface area contributed by atoms with E-state index in [1.54, 1.807) is 25.4 Å². The first kappa shape index (κ1) is 32.6. The third-order valence-corrected chi connectivity index (χ3v) is 7.93. The zero-order valence-corrected chi connectivity index (χ0v) is 26.4. The number of nitrogens with zero attached hydrogens (tertiary/aromatic N) is 1. The molecule has 0 radical (unpaired) electrons. The quantitative estimate of drug-likeness (QED) is 0.297. The van der Waals surface area contributed by atoms with Gasteiger partial charge < -0.3 is 15.8 Å². The van der Waals surface area contributed by atoms with Gasteiger partial charge in [0.15, 0.2) is 0 Å². The number of ether oxygens (including phenoxy) is 1. The number of nitrogens with one attached hydrogen (secondary N) is 1. The molecule has 0 bridgehead atoms. The van der Waals surface area contributed by atoms with E-state index in [-0.39, 0.29) is 11.3 Å². The van der Waals surface area contributed by atoms with Gasteiger partial charge in [-0.15, -0.1) is 0 Å². The average molecular weight is 570 g/mol. The fourth-order valence-corrected chi connectivity index (χ4v) is 5.12. The lowest BCUT2D eigenvalue weighted by atomic mass is 9.83. The zero-order valence-electron chi connectivity index (χ0n) is 26.4. The van der Waals surface area contributed by atoms with E-state index < -0.39 is 5.91 Å². The predicted octanol–water partition coefficient (Wildman–Crippen LogP) is 8.72. The van der Waals surface area contributed by atoms with E-state index in [1.807, 2.05) is 38.1 Å². The van der Waals surface area contributed by atoms with E-state index in [0.717, 1.165) is 45.9 Å². The highest BCUT2D eigenvalue weighted by atomic mass is 16.5. The number of anilines is 1. The molecule has 0 atom stereocenters. The van der Waals surface area contributed by atoms with Gasteiger partial charge in [0.05, 0.1) is 24.6 Å². The fraction of sp³-hybridized carbons (Fsp3) is 0.417. The average Bonchev–Trinajstić information content (AvgIpc) is 2.97. The van der Waals surface area contributed by atoms with Crippen LogP contribution in [0.3, 0.4) is 0 Å². The maximum Gasteiger partial charge on any atom is 0.259 e. The molecule has 0 unspecified atom stereocenters. The molecule has 3 aromatic rings. The Morgan fingerprint density at radius 3 is 2.17 bits per heavy atom. The Hall–Kier alpha value is -3.93. The highest BCUT2D eigenvalue weighted by Crippen LogP contribution is 2.36. The second-order valence-electron chi connectivity index (χ2n) is 12.3. The summed E-state index contributed by atoms with van der Waals surface area (Å²) in [6.07, 6.45) is 9.80. The van der Waals surface area contributed by atoms with Crippen molar-refractivity contribution in [3.8, 4) is 16.9 Å². The number of carbonyl (C=O) groups is 2. The van der Waals surface area contributed by atoms with Crippen LogP contribution in [0.25, 0.3) is 16.7 Å². The van der Waals surface area contributed by atoms with Crippen LogP contribution in [0.1, 0.15) is 111 Å². The first-order valence-corrected chi connectivity index (χ1v) is 14.9. The molecule has 0 saturated heterocycles. The van der Waals surface area contributed by atoms with Gasteiger partial charge in [-0.25, -0.2) is 0 Å². The summed E-state index contributed by atoms with van der Waals surface area (Å²) in [6, 6.07) is 12.8. The van der Waals surface area contributed by atoms with Crippen molar-refractivity contribution >= 4 is 23.1 Å². The lowest BCUT2D eigenvalue weighted by Gasteiger charge is -2.24. The smallest absolute Gasteiger partial charge is 0.259 e. The van der Waals surface area contributed by atoms with Gasteiger partial charge in [0.2, 0.25) is 5.91 Å². The number of methoxy groups -OCH3 is 1. The summed E-state index contributed by atoms with van der Waals surface area (Å²) >= 11 is 0. The Morgan fingerprint density at radius 2 is 1.67 bits per heavy atom. The molecule has 1 aromatic heterocycles. The molecule has 6 heteroatoms. The lowest BCUT2D eigenvalue weighted by molar-refractivity contribution is 0.0997. The Labute approximate surface area is 251 Å². The number of amides is 2. The van der Waals surface area contributed by atoms with E-state index in [2.05, 4.69) is 50.6 Å². The van der Waals surface area contributed by atoms with Crippen LogP contribution >= 0.6 is 0 Å². The summed E-state index contributed by atoms with van der Waals surface area (Å²) in [4.78, 5) is 29.4. The minimum atomic E-state index is -0.482. The molecule has 0 spiro atoms. The molecule has 1 aliphatic carbocycles. The van der Waals surface area contributed by atoms with Gasteiger partial charge >= 0.3 is 0 Å². The highest BCUT2D eigenvalue weighted by molar-refractivity contribution is 6.07. The lowest BCUT2D eigenvalue weighted by Crippen LogP contribution is -2.18. The summed E-state index contributed by atoms with van der Waals surface area (Å²) in [7, 11) is 1.57. The fourth-order valence-electron chi connectivity index (χ4n) is 5.12. The van der Waals surface area contributed by atoms with Gasteiger partial charge in [-0.3, -0.25) is 14.6 Å². The van der Waals surface area contributed by atoms with E-state index in [9.17, 15) is 9.59 Å². The summed E-state index contributed by atoms with van der Waals surface area (Å²) < 4.78 is 5.69. The van der Waals surface area contributed by atoms with Crippen LogP contribution in [0, 0.1) is 12.8 Å². The topological polar surface area (TPSA) is 94.3 Å². The maximum absolute atomic E-state index is 13.5. The molecule has 224 valence electrons. The van der Waals surface area contributed by atoms with Crippen LogP contribution in [0.15, 0.2) is 55.2 Å². The van der Waals surface area contributed by atoms with Gasteiger partial charge in [-0.1, -0.05) is 85.4 Å². The Bertz CT molecular complexity index is 1410. The van der Waals surface area contributed by atoms with Gasteiger partial charge in [0, 0.05) is 22.4 Å². The summed E-state index contributed by atoms with van der Waals surface area (Å²) in [5.41, 5.74) is 11.9. The monoisotopic (exact) mass is 569 g/mol. The standard InChI is InChI=1S/C29H33N3O3.C7H14/c1-8-17(2)23-13-21(29(4,5)6)14-25(26(23)35-7)28(34)32-22-15-24(18(3)31-16-22)19-9-11-20(12-10-19)27(30)33;1-7-5-3-2-4-6-7/h9-16H,2,8H2,1,3-7H3,(H2,30,33)(H,32,34);7H,2-6H2,1H3. The Kier molecular flexibility index (Phi) is 11.1. The first-order valence-electron chi connectivity index (χ1n) is 14.9. The molecule has 1 saturated carbocycles. The van der Waals surface area contributed by atoms with Crippen molar-refractivity contribution in [2.45, 2.75) is 85.5 Å². The normalized spacial score (nSPS) is 13.5. The minimum Gasteiger partial charge on any atom is -0.495 e. The van der Waals surface area contributed by atoms with Crippen molar-refractivity contribution < 1.29 is 14.3 Å². The van der Waals surface area contributed by atoms with Crippen LogP contribution in [0.5, 0.6) is 5.75 Å². The number of aryl methyl sites for hydroxylation is 1. The zero-order chi connectivity index (χ0) is 31.0. The van der Waals surface area contributed by atoms with Crippen molar-refractivity contribution in [2.24, 2.45) is 11.7 Å². The van der Waals surface area contributed by atoms with Crippen molar-refractivity contribution in [1.29, 1.82) is 0 Å². The van der Waals surface area contributed by atoms with Crippen LogP contribution in [0.4, 0.5) is 5.69 Å². The molecule has 1 heterocycles. The van der Waals surface area contributed by atoms with Gasteiger partial charge in [0.1, 0.15) is 5.75 Å². The van der Waals surface area contributed by atoms with Crippen LogP contribution < -0.4 is 15.8 Å². The van der Waals surface area contributed by atoms with Crippen LogP contribution in [-0.2, 0) is 5.41 Å². The molecular formula is C36H47N3O3. The predicted molar refractivity (Wildman–Crippen MR) is 174 cm³/mol. The molecule has 2 amide bonds. The Balaban J connectivity index is 0.000000603. The molecule has 1 aliphatic rings. The van der Waals surface area contributed by atoms with Gasteiger partial charge in [-0.05, 0) is 71.7 Å². The molecule has 2 aromatic carbocycles. The number of pyridine rings is 1. The second kappa shape index (κ2) is 14.3. The number of primary amides is 1. The molecule has 42 heavy (non-hydrogen) atoms. The third-order valence-electron chi connectivity index (χ3n) is 7.93. The SMILES string of the molecule is C=C(CC)c1cc(C(C)(C)C)cc(C(=O)Nc2cnc(C)c(-c3ccc(C(N)=O)cc3)c2)c1OC.CC1CCCCC1. The first-order chi connectivity index (χ1) is 19.8. The summed E-state index contributed by atoms with van der Waals surface area (Å²) in [5.74, 6) is 0.765. The molecule has 4 rings (SSSR count). The van der Waals surface area contributed by atoms with E-state index in [4.69, 9.17) is 10.5 Å². The number of aromatic nitrogens is 1. The number of benzene rings is 2. The van der Waals surface area contributed by atoms with E-state index in [1.165, 1.54) is 32.1 Å². The van der Waals surface area contributed by atoms with Gasteiger partial charge in [0.25, 0.3) is 5.91 Å². The second-order valence-corrected chi connectivity index (χ2v) is 12.3. The number of rotatable bonds is 7. The number of hydrogen-bond acceptors (Lipinski definition) is 4. The number of nitrogens with two attached hydrogens (primary N) is 1. The van der Waals surface area contributed by atoms with Crippen molar-refractivity contribution in [2.75, 3.05) is 12.4 Å². The number of allylic oxidation sites excluding steroid dienone is 1. The number of carbonyl (C=O) groups excluding carboxylic acids is 2. The highest BCUT2D eigenvalue weighted by Gasteiger charge is 2.24. The molecule has 0 aliphatic heterocycles. The maximum atomic E-state index is 13.5. The van der Waals surface area contributed by atoms with Gasteiger partial charge in [-0.2, -0.15) is 0 Å². The van der Waals surface area contributed by atoms with Crippen LogP contribution in [0.2, 0.25) is 0 Å². The van der Waals surface area contributed by atoms with Crippen molar-refractivity contribution in [3.05, 3.63) is 83.2 Å². The number of hydrogen-bond donors (Lipinski definition) is 2. The third kappa shape index (κ3) is 8.31. The van der Waals surface area contributed by atoms with Crippen molar-refractivity contribution in [1.82, 2.24) is 4.98 Å².